The molecule has 1 aromatic carbocycles. The molecule has 2 rings (SSSR count). The minimum absolute atomic E-state index is 0.0365. The lowest BCUT2D eigenvalue weighted by atomic mass is 9.99. The highest BCUT2D eigenvalue weighted by Gasteiger charge is 2.26. The summed E-state index contributed by atoms with van der Waals surface area (Å²) in [5.74, 6) is 5.38. The van der Waals surface area contributed by atoms with Crippen LogP contribution in [0.5, 0.6) is 5.75 Å². The van der Waals surface area contributed by atoms with Crippen molar-refractivity contribution in [3.8, 4) is 5.75 Å². The van der Waals surface area contributed by atoms with E-state index in [-0.39, 0.29) is 17.6 Å². The summed E-state index contributed by atoms with van der Waals surface area (Å²) in [4.78, 5) is 21.9. The number of rotatable bonds is 3. The first kappa shape index (κ1) is 13.4. The van der Waals surface area contributed by atoms with E-state index in [4.69, 9.17) is 10.6 Å². The van der Waals surface area contributed by atoms with Gasteiger partial charge in [-0.2, -0.15) is 0 Å². The van der Waals surface area contributed by atoms with Crippen LogP contribution in [0.1, 0.15) is 12.8 Å². The van der Waals surface area contributed by atoms with Crippen molar-refractivity contribution in [3.63, 3.8) is 0 Å². The summed E-state index contributed by atoms with van der Waals surface area (Å²) in [5.41, 5.74) is -0.0365. The zero-order valence-corrected chi connectivity index (χ0v) is 10.3. The number of nitrogens with two attached hydrogens (primary N) is 1. The Bertz CT molecular complexity index is 474. The Hall–Kier alpha value is -1.99. The van der Waals surface area contributed by atoms with Gasteiger partial charge in [0.05, 0.1) is 10.8 Å². The maximum Gasteiger partial charge on any atom is 0.315 e. The highest BCUT2D eigenvalue weighted by molar-refractivity contribution is 5.75. The van der Waals surface area contributed by atoms with Crippen LogP contribution in [-0.4, -0.2) is 29.0 Å². The molecule has 1 fully saturated rings. The number of hydrogen-bond donors (Lipinski definition) is 1. The summed E-state index contributed by atoms with van der Waals surface area (Å²) in [5, 5.41) is 12.1. The number of ether oxygens (including phenoxy) is 1. The average molecular weight is 265 g/mol. The van der Waals surface area contributed by atoms with Crippen LogP contribution in [0.2, 0.25) is 0 Å². The molecule has 1 atom stereocenters. The van der Waals surface area contributed by atoms with Crippen molar-refractivity contribution in [2.45, 2.75) is 12.8 Å². The molecule has 1 aliphatic rings. The van der Waals surface area contributed by atoms with E-state index in [1.807, 2.05) is 0 Å². The van der Waals surface area contributed by atoms with Crippen LogP contribution in [0.15, 0.2) is 24.3 Å². The Labute approximate surface area is 110 Å². The molecule has 1 saturated heterocycles. The van der Waals surface area contributed by atoms with Gasteiger partial charge in [-0.1, -0.05) is 0 Å². The predicted molar refractivity (Wildman–Crippen MR) is 67.2 cm³/mol. The van der Waals surface area contributed by atoms with Gasteiger partial charge in [0.15, 0.2) is 0 Å². The number of non-ortho nitro benzene ring substituents is 1. The van der Waals surface area contributed by atoms with E-state index in [9.17, 15) is 14.9 Å². The normalized spacial score (nSPS) is 19.9. The fourth-order valence-electron chi connectivity index (χ4n) is 2.03. The van der Waals surface area contributed by atoms with E-state index in [2.05, 4.69) is 0 Å². The molecule has 7 heteroatoms. The van der Waals surface area contributed by atoms with Crippen molar-refractivity contribution in [2.24, 2.45) is 11.8 Å². The zero-order valence-electron chi connectivity index (χ0n) is 10.3. The molecule has 1 heterocycles. The van der Waals surface area contributed by atoms with Gasteiger partial charge in [0, 0.05) is 25.2 Å². The second-order valence-corrected chi connectivity index (χ2v) is 4.51. The van der Waals surface area contributed by atoms with Gasteiger partial charge < -0.3 is 4.74 Å². The number of piperidine rings is 1. The van der Waals surface area contributed by atoms with Crippen LogP contribution >= 0.6 is 0 Å². The van der Waals surface area contributed by atoms with E-state index >= 15 is 0 Å². The standard InChI is InChI=1S/C12H15N3O4/c13-14-7-1-2-9(8-14)12(16)19-11-5-3-10(4-6-11)15(17)18/h3-6,9H,1-2,7-8,13H2. The summed E-state index contributed by atoms with van der Waals surface area (Å²) < 4.78 is 5.19. The van der Waals surface area contributed by atoms with Gasteiger partial charge in [-0.05, 0) is 25.0 Å². The third-order valence-electron chi connectivity index (χ3n) is 3.05. The van der Waals surface area contributed by atoms with E-state index in [1.165, 1.54) is 24.3 Å². The first-order chi connectivity index (χ1) is 9.06. The van der Waals surface area contributed by atoms with Crippen molar-refractivity contribution in [2.75, 3.05) is 13.1 Å². The number of nitro groups is 1. The second-order valence-electron chi connectivity index (χ2n) is 4.51. The Morgan fingerprint density at radius 2 is 2.11 bits per heavy atom. The molecule has 0 radical (unpaired) electrons. The molecule has 0 aromatic heterocycles. The van der Waals surface area contributed by atoms with Crippen molar-refractivity contribution in [1.29, 1.82) is 0 Å². The van der Waals surface area contributed by atoms with Gasteiger partial charge in [-0.25, -0.2) is 5.01 Å². The Balaban J connectivity index is 1.96. The third-order valence-corrected chi connectivity index (χ3v) is 3.05. The maximum absolute atomic E-state index is 11.9. The lowest BCUT2D eigenvalue weighted by molar-refractivity contribution is -0.384. The number of carbonyl (C=O) groups is 1. The first-order valence-electron chi connectivity index (χ1n) is 6.02. The second kappa shape index (κ2) is 5.77. The van der Waals surface area contributed by atoms with Crippen molar-refractivity contribution < 1.29 is 14.5 Å². The molecule has 2 N–H and O–H groups in total. The van der Waals surface area contributed by atoms with Gasteiger partial charge in [-0.15, -0.1) is 0 Å². The summed E-state index contributed by atoms with van der Waals surface area (Å²) in [6.07, 6.45) is 1.61. The topological polar surface area (TPSA) is 98.7 Å². The molecule has 1 aliphatic heterocycles. The van der Waals surface area contributed by atoms with Gasteiger partial charge in [0.25, 0.3) is 5.69 Å². The number of benzene rings is 1. The third kappa shape index (κ3) is 3.49. The van der Waals surface area contributed by atoms with Crippen molar-refractivity contribution in [3.05, 3.63) is 34.4 Å². The maximum atomic E-state index is 11.9. The molecular weight excluding hydrogens is 250 g/mol. The first-order valence-corrected chi connectivity index (χ1v) is 6.02. The summed E-state index contributed by atoms with van der Waals surface area (Å²) in [7, 11) is 0. The van der Waals surface area contributed by atoms with Crippen molar-refractivity contribution >= 4 is 11.7 Å². The van der Waals surface area contributed by atoms with Crippen LogP contribution in [0.4, 0.5) is 5.69 Å². The number of nitro benzene ring substituents is 1. The number of hydrogen-bond acceptors (Lipinski definition) is 6. The van der Waals surface area contributed by atoms with Gasteiger partial charge in [0.2, 0.25) is 0 Å². The molecule has 0 saturated carbocycles. The lowest BCUT2D eigenvalue weighted by Gasteiger charge is -2.27. The van der Waals surface area contributed by atoms with Gasteiger partial charge >= 0.3 is 5.97 Å². The monoisotopic (exact) mass is 265 g/mol. The Morgan fingerprint density at radius 3 is 2.68 bits per heavy atom. The van der Waals surface area contributed by atoms with Crippen molar-refractivity contribution in [1.82, 2.24) is 5.01 Å². The summed E-state index contributed by atoms with van der Waals surface area (Å²) in [6.45, 7) is 1.26. The number of hydrazine groups is 1. The Kier molecular flexibility index (Phi) is 4.08. The molecule has 0 bridgehead atoms. The average Bonchev–Trinajstić information content (AvgIpc) is 2.39. The fraction of sp³-hybridized carbons (Fsp3) is 0.417. The highest BCUT2D eigenvalue weighted by Crippen LogP contribution is 2.21. The lowest BCUT2D eigenvalue weighted by Crippen LogP contribution is -2.43. The predicted octanol–water partition coefficient (Wildman–Crippen LogP) is 1.09. The van der Waals surface area contributed by atoms with Crippen LogP contribution in [0, 0.1) is 16.0 Å². The van der Waals surface area contributed by atoms with Crippen LogP contribution in [-0.2, 0) is 4.79 Å². The Morgan fingerprint density at radius 1 is 1.42 bits per heavy atom. The minimum Gasteiger partial charge on any atom is -0.426 e. The number of nitrogens with zero attached hydrogens (tertiary/aromatic N) is 2. The van der Waals surface area contributed by atoms with E-state index < -0.39 is 4.92 Å². The van der Waals surface area contributed by atoms with Gasteiger partial charge in [0.1, 0.15) is 5.75 Å². The molecule has 0 amide bonds. The summed E-state index contributed by atoms with van der Waals surface area (Å²) >= 11 is 0. The molecule has 1 aromatic rings. The number of carbonyl (C=O) groups excluding carboxylic acids is 1. The van der Waals surface area contributed by atoms with Crippen LogP contribution in [0.25, 0.3) is 0 Å². The molecule has 7 nitrogen and oxygen atoms in total. The van der Waals surface area contributed by atoms with Crippen LogP contribution < -0.4 is 10.6 Å². The minimum atomic E-state index is -0.501. The van der Waals surface area contributed by atoms with E-state index in [0.717, 1.165) is 19.4 Å². The van der Waals surface area contributed by atoms with E-state index in [1.54, 1.807) is 5.01 Å². The van der Waals surface area contributed by atoms with Gasteiger partial charge in [-0.3, -0.25) is 20.8 Å². The fourth-order valence-corrected chi connectivity index (χ4v) is 2.03. The van der Waals surface area contributed by atoms with Crippen LogP contribution in [0.3, 0.4) is 0 Å². The highest BCUT2D eigenvalue weighted by atomic mass is 16.6. The zero-order chi connectivity index (χ0) is 13.8. The quantitative estimate of drug-likeness (QED) is 0.289. The van der Waals surface area contributed by atoms with E-state index in [0.29, 0.717) is 12.3 Å². The molecule has 19 heavy (non-hydrogen) atoms. The SMILES string of the molecule is NN1CCCC(C(=O)Oc2ccc([N+](=O)[O-])cc2)C1. The summed E-state index contributed by atoms with van der Waals surface area (Å²) in [6, 6.07) is 5.44. The number of esters is 1. The smallest absolute Gasteiger partial charge is 0.315 e. The molecular formula is C12H15N3O4. The largest absolute Gasteiger partial charge is 0.426 e. The molecule has 0 aliphatic carbocycles. The molecule has 0 spiro atoms. The molecule has 102 valence electrons. The molecule has 1 unspecified atom stereocenters.